The fraction of sp³-hybridized carbons (Fsp3) is 0.286. The van der Waals surface area contributed by atoms with Gasteiger partial charge < -0.3 is 10.1 Å². The maximum atomic E-state index is 11.8. The van der Waals surface area contributed by atoms with Crippen molar-refractivity contribution < 1.29 is 9.90 Å². The van der Waals surface area contributed by atoms with Crippen molar-refractivity contribution in [2.24, 2.45) is 0 Å². The van der Waals surface area contributed by atoms with Crippen LogP contribution in [0.1, 0.15) is 35.7 Å². The minimum absolute atomic E-state index is 0.0875. The van der Waals surface area contributed by atoms with E-state index in [-0.39, 0.29) is 16.9 Å². The minimum Gasteiger partial charge on any atom is -0.478 e. The molecule has 0 aliphatic heterocycles. The van der Waals surface area contributed by atoms with Gasteiger partial charge in [0.2, 0.25) is 0 Å². The predicted octanol–water partition coefficient (Wildman–Crippen LogP) is 1.44. The summed E-state index contributed by atoms with van der Waals surface area (Å²) in [6.45, 7) is 3.55. The summed E-state index contributed by atoms with van der Waals surface area (Å²) in [5, 5.41) is 25.0. The van der Waals surface area contributed by atoms with E-state index in [4.69, 9.17) is 15.9 Å². The molecule has 7 nitrogen and oxygen atoms in total. The van der Waals surface area contributed by atoms with Gasteiger partial charge in [-0.2, -0.15) is 0 Å². The molecule has 1 heterocycles. The number of aromatic carboxylic acids is 1. The molecule has 0 radical (unpaired) electrons. The smallest absolute Gasteiger partial charge is 0.336 e. The number of benzene rings is 1. The van der Waals surface area contributed by atoms with Crippen molar-refractivity contribution in [3.05, 3.63) is 39.1 Å². The van der Waals surface area contributed by atoms with Crippen LogP contribution in [-0.2, 0) is 0 Å². The largest absolute Gasteiger partial charge is 0.478 e. The van der Waals surface area contributed by atoms with Crippen LogP contribution >= 0.6 is 0 Å². The molecular weight excluding hydrogens is 272 g/mol. The number of H-pyrrole nitrogens is 1. The summed E-state index contributed by atoms with van der Waals surface area (Å²) >= 11 is 0. The lowest BCUT2D eigenvalue weighted by molar-refractivity contribution is 0.0696. The average Bonchev–Trinajstić information content (AvgIpc) is 2.40. The highest BCUT2D eigenvalue weighted by atomic mass is 16.4. The molecule has 21 heavy (non-hydrogen) atoms. The molecule has 0 bridgehead atoms. The van der Waals surface area contributed by atoms with E-state index in [2.05, 4.69) is 4.98 Å². The quantitative estimate of drug-likeness (QED) is 0.504. The van der Waals surface area contributed by atoms with Gasteiger partial charge in [0, 0.05) is 6.42 Å². The van der Waals surface area contributed by atoms with Crippen LogP contribution in [-0.4, -0.2) is 26.5 Å². The second-order valence-corrected chi connectivity index (χ2v) is 4.82. The van der Waals surface area contributed by atoms with Gasteiger partial charge in [-0.25, -0.2) is 4.79 Å². The number of nitrogens with zero attached hydrogens (tertiary/aromatic N) is 1. The van der Waals surface area contributed by atoms with Crippen LogP contribution in [0.15, 0.2) is 16.9 Å². The Bertz CT molecular complexity index is 861. The molecule has 2 aromatic rings. The SMILES string of the molecule is CCCC(=N)n1c(=N)c(=O)[nH]c2cc(C(=O)O)c(C)cc21. The van der Waals surface area contributed by atoms with Gasteiger partial charge in [0.05, 0.1) is 16.6 Å². The highest BCUT2D eigenvalue weighted by Gasteiger charge is 2.14. The van der Waals surface area contributed by atoms with Crippen molar-refractivity contribution in [3.8, 4) is 0 Å². The number of hydrogen-bond acceptors (Lipinski definition) is 4. The first-order valence-electron chi connectivity index (χ1n) is 6.52. The number of aryl methyl sites for hydroxylation is 1. The third kappa shape index (κ3) is 2.49. The number of rotatable bonds is 3. The van der Waals surface area contributed by atoms with Gasteiger partial charge in [-0.3, -0.25) is 20.2 Å². The first-order valence-corrected chi connectivity index (χ1v) is 6.52. The second-order valence-electron chi connectivity index (χ2n) is 4.82. The lowest BCUT2D eigenvalue weighted by Crippen LogP contribution is -2.39. The maximum absolute atomic E-state index is 11.8. The maximum Gasteiger partial charge on any atom is 0.336 e. The van der Waals surface area contributed by atoms with Crippen LogP contribution in [0, 0.1) is 17.7 Å². The molecule has 0 saturated carbocycles. The number of carboxylic acids is 1. The third-order valence-corrected chi connectivity index (χ3v) is 3.26. The molecule has 4 N–H and O–H groups in total. The molecule has 0 amide bonds. The molecule has 0 spiro atoms. The number of hydrogen-bond donors (Lipinski definition) is 4. The zero-order valence-corrected chi connectivity index (χ0v) is 11.8. The topological polar surface area (TPSA) is 123 Å². The average molecular weight is 288 g/mol. The second kappa shape index (κ2) is 5.35. The van der Waals surface area contributed by atoms with Gasteiger partial charge in [0.25, 0.3) is 5.56 Å². The zero-order valence-electron chi connectivity index (χ0n) is 11.8. The molecule has 1 aromatic carbocycles. The predicted molar refractivity (Wildman–Crippen MR) is 78.1 cm³/mol. The van der Waals surface area contributed by atoms with E-state index in [1.54, 1.807) is 13.0 Å². The highest BCUT2D eigenvalue weighted by molar-refractivity contribution is 5.97. The lowest BCUT2D eigenvalue weighted by atomic mass is 10.1. The van der Waals surface area contributed by atoms with E-state index >= 15 is 0 Å². The van der Waals surface area contributed by atoms with Gasteiger partial charge in [-0.05, 0) is 31.0 Å². The van der Waals surface area contributed by atoms with E-state index in [0.717, 1.165) is 0 Å². The molecule has 0 fully saturated rings. The van der Waals surface area contributed by atoms with E-state index in [1.165, 1.54) is 10.6 Å². The van der Waals surface area contributed by atoms with Gasteiger partial charge in [0.1, 0.15) is 5.84 Å². The minimum atomic E-state index is -1.08. The molecule has 7 heteroatoms. The normalized spacial score (nSPS) is 10.8. The van der Waals surface area contributed by atoms with Crippen molar-refractivity contribution in [1.82, 2.24) is 9.55 Å². The third-order valence-electron chi connectivity index (χ3n) is 3.26. The Morgan fingerprint density at radius 1 is 1.43 bits per heavy atom. The van der Waals surface area contributed by atoms with Gasteiger partial charge in [-0.1, -0.05) is 6.92 Å². The number of carbonyl (C=O) groups is 1. The summed E-state index contributed by atoms with van der Waals surface area (Å²) in [6, 6.07) is 2.94. The number of aromatic nitrogens is 2. The first kappa shape index (κ1) is 14.7. The van der Waals surface area contributed by atoms with Crippen molar-refractivity contribution in [1.29, 1.82) is 10.8 Å². The summed E-state index contributed by atoms with van der Waals surface area (Å²) in [5.41, 5.74) is 0.385. The number of nitrogens with one attached hydrogen (secondary N) is 3. The molecular formula is C14H16N4O3. The van der Waals surface area contributed by atoms with Crippen LogP contribution < -0.4 is 11.0 Å². The van der Waals surface area contributed by atoms with Crippen LogP contribution in [0.4, 0.5) is 0 Å². The number of aromatic amines is 1. The van der Waals surface area contributed by atoms with Gasteiger partial charge in [-0.15, -0.1) is 0 Å². The van der Waals surface area contributed by atoms with E-state index in [1.807, 2.05) is 6.92 Å². The van der Waals surface area contributed by atoms with E-state index < -0.39 is 11.5 Å². The Morgan fingerprint density at radius 3 is 2.67 bits per heavy atom. The van der Waals surface area contributed by atoms with Crippen LogP contribution in [0.5, 0.6) is 0 Å². The fourth-order valence-electron chi connectivity index (χ4n) is 2.24. The van der Waals surface area contributed by atoms with Crippen molar-refractivity contribution >= 4 is 22.8 Å². The summed E-state index contributed by atoms with van der Waals surface area (Å²) in [7, 11) is 0. The van der Waals surface area contributed by atoms with Crippen molar-refractivity contribution in [2.45, 2.75) is 26.7 Å². The Kier molecular flexibility index (Phi) is 3.75. The molecule has 0 saturated heterocycles. The Labute approximate surface area is 119 Å². The van der Waals surface area contributed by atoms with Crippen LogP contribution in [0.2, 0.25) is 0 Å². The molecule has 0 unspecified atom stereocenters. The summed E-state index contributed by atoms with van der Waals surface area (Å²) in [6.07, 6.45) is 1.14. The molecule has 110 valence electrons. The van der Waals surface area contributed by atoms with E-state index in [0.29, 0.717) is 29.4 Å². The molecule has 0 atom stereocenters. The molecule has 0 aliphatic rings. The van der Waals surface area contributed by atoms with Gasteiger partial charge in [0.15, 0.2) is 5.49 Å². The number of carboxylic acid groups (broad SMARTS) is 1. The summed E-state index contributed by atoms with van der Waals surface area (Å²) in [5.74, 6) is -0.943. The lowest BCUT2D eigenvalue weighted by Gasteiger charge is -2.13. The fourth-order valence-corrected chi connectivity index (χ4v) is 2.24. The summed E-state index contributed by atoms with van der Waals surface area (Å²) < 4.78 is 1.26. The monoisotopic (exact) mass is 288 g/mol. The first-order chi connectivity index (χ1) is 9.86. The van der Waals surface area contributed by atoms with Crippen molar-refractivity contribution in [3.63, 3.8) is 0 Å². The standard InChI is InChI=1S/C14H16N4O3/c1-3-4-11(15)18-10-5-7(2)8(14(20)21)6-9(10)17-13(19)12(18)16/h5-6,15-16H,3-4H2,1-2H3,(H,17,19)(H,20,21). The number of fused-ring (bicyclic) bond motifs is 1. The molecule has 0 aliphatic carbocycles. The van der Waals surface area contributed by atoms with Crippen LogP contribution in [0.25, 0.3) is 11.0 Å². The highest BCUT2D eigenvalue weighted by Crippen LogP contribution is 2.17. The van der Waals surface area contributed by atoms with Gasteiger partial charge >= 0.3 is 5.97 Å². The Morgan fingerprint density at radius 2 is 2.10 bits per heavy atom. The van der Waals surface area contributed by atoms with Crippen LogP contribution in [0.3, 0.4) is 0 Å². The van der Waals surface area contributed by atoms with Crippen molar-refractivity contribution in [2.75, 3.05) is 0 Å². The zero-order chi connectivity index (χ0) is 15.7. The Hall–Kier alpha value is -2.70. The molecule has 1 aromatic heterocycles. The Balaban J connectivity index is 2.90. The van der Waals surface area contributed by atoms with E-state index in [9.17, 15) is 9.59 Å². The molecule has 2 rings (SSSR count). The summed E-state index contributed by atoms with van der Waals surface area (Å²) in [4.78, 5) is 25.5.